The second-order valence-corrected chi connectivity index (χ2v) is 5.33. The van der Waals surface area contributed by atoms with Crippen LogP contribution < -0.4 is 10.5 Å². The van der Waals surface area contributed by atoms with Crippen LogP contribution in [0, 0.1) is 0 Å². The zero-order chi connectivity index (χ0) is 14.1. The summed E-state index contributed by atoms with van der Waals surface area (Å²) in [5.74, 6) is 0.958. The first-order chi connectivity index (χ1) is 9.19. The molecule has 0 radical (unpaired) electrons. The van der Waals surface area contributed by atoms with E-state index in [1.807, 2.05) is 18.2 Å². The summed E-state index contributed by atoms with van der Waals surface area (Å²) >= 11 is 0. The lowest BCUT2D eigenvalue weighted by Crippen LogP contribution is -2.16. The minimum absolute atomic E-state index is 0.0727. The summed E-state index contributed by atoms with van der Waals surface area (Å²) in [7, 11) is 0. The Hall–Kier alpha value is -1.02. The van der Waals surface area contributed by atoms with Crippen molar-refractivity contribution in [2.75, 3.05) is 0 Å². The topological polar surface area (TPSA) is 35.2 Å². The van der Waals surface area contributed by atoms with Gasteiger partial charge in [0.05, 0.1) is 6.10 Å². The minimum Gasteiger partial charge on any atom is -0.490 e. The van der Waals surface area contributed by atoms with Crippen LogP contribution in [-0.4, -0.2) is 6.10 Å². The zero-order valence-electron chi connectivity index (χ0n) is 12.7. The Balaban J connectivity index is 2.51. The molecule has 1 aromatic rings. The van der Waals surface area contributed by atoms with E-state index in [2.05, 4.69) is 26.8 Å². The van der Waals surface area contributed by atoms with Gasteiger partial charge in [0.2, 0.25) is 0 Å². The molecule has 0 aromatic heterocycles. The molecule has 2 N–H and O–H groups in total. The maximum Gasteiger partial charge on any atom is 0.124 e. The fourth-order valence-corrected chi connectivity index (χ4v) is 2.25. The van der Waals surface area contributed by atoms with Gasteiger partial charge in [0.25, 0.3) is 0 Å². The van der Waals surface area contributed by atoms with Gasteiger partial charge < -0.3 is 10.5 Å². The van der Waals surface area contributed by atoms with Gasteiger partial charge in [-0.25, -0.2) is 0 Å². The highest BCUT2D eigenvalue weighted by molar-refractivity contribution is 5.35. The quantitative estimate of drug-likeness (QED) is 0.647. The molecular weight excluding hydrogens is 234 g/mol. The number of benzene rings is 1. The van der Waals surface area contributed by atoms with Gasteiger partial charge in [0, 0.05) is 11.6 Å². The molecule has 2 atom stereocenters. The van der Waals surface area contributed by atoms with Gasteiger partial charge in [-0.05, 0) is 32.3 Å². The molecule has 1 aromatic carbocycles. The molecule has 1 rings (SSSR count). The first-order valence-electron chi connectivity index (χ1n) is 7.70. The van der Waals surface area contributed by atoms with E-state index in [9.17, 15) is 0 Å². The number of unbranched alkanes of at least 4 members (excludes halogenated alkanes) is 3. The summed E-state index contributed by atoms with van der Waals surface area (Å²) in [5.41, 5.74) is 7.26. The smallest absolute Gasteiger partial charge is 0.124 e. The average Bonchev–Trinajstić information content (AvgIpc) is 2.43. The molecule has 2 heteroatoms. The molecule has 0 fully saturated rings. The Labute approximate surface area is 118 Å². The van der Waals surface area contributed by atoms with Crippen molar-refractivity contribution in [1.82, 2.24) is 0 Å². The number of hydrogen-bond acceptors (Lipinski definition) is 2. The SMILES string of the molecule is CCCCCCC(C)Oc1ccccc1[C@@H](N)CC. The van der Waals surface area contributed by atoms with E-state index in [0.717, 1.165) is 24.2 Å². The molecule has 0 saturated carbocycles. The maximum absolute atomic E-state index is 6.13. The van der Waals surface area contributed by atoms with Crippen LogP contribution in [0.5, 0.6) is 5.75 Å². The minimum atomic E-state index is 0.0727. The average molecular weight is 263 g/mol. The highest BCUT2D eigenvalue weighted by Crippen LogP contribution is 2.26. The molecule has 0 spiro atoms. The monoisotopic (exact) mass is 263 g/mol. The van der Waals surface area contributed by atoms with Gasteiger partial charge in [-0.15, -0.1) is 0 Å². The second-order valence-electron chi connectivity index (χ2n) is 5.33. The molecule has 0 saturated heterocycles. The van der Waals surface area contributed by atoms with Gasteiger partial charge in [0.1, 0.15) is 5.75 Å². The van der Waals surface area contributed by atoms with Crippen LogP contribution in [0.15, 0.2) is 24.3 Å². The van der Waals surface area contributed by atoms with Gasteiger partial charge in [-0.2, -0.15) is 0 Å². The Morgan fingerprint density at radius 2 is 1.84 bits per heavy atom. The highest BCUT2D eigenvalue weighted by atomic mass is 16.5. The molecule has 0 heterocycles. The van der Waals surface area contributed by atoms with Crippen molar-refractivity contribution in [2.24, 2.45) is 5.73 Å². The van der Waals surface area contributed by atoms with E-state index in [1.54, 1.807) is 0 Å². The summed E-state index contributed by atoms with van der Waals surface area (Å²) in [5, 5.41) is 0. The molecule has 0 aliphatic heterocycles. The predicted octanol–water partition coefficient (Wildman–Crippen LogP) is 4.83. The Morgan fingerprint density at radius 3 is 2.53 bits per heavy atom. The fraction of sp³-hybridized carbons (Fsp3) is 0.647. The largest absolute Gasteiger partial charge is 0.490 e. The molecule has 0 aliphatic rings. The molecular formula is C17H29NO. The summed E-state index contributed by atoms with van der Waals surface area (Å²) in [6, 6.07) is 8.23. The first-order valence-corrected chi connectivity index (χ1v) is 7.70. The third-order valence-electron chi connectivity index (χ3n) is 3.55. The molecule has 0 bridgehead atoms. The summed E-state index contributed by atoms with van der Waals surface area (Å²) < 4.78 is 6.07. The predicted molar refractivity (Wildman–Crippen MR) is 82.5 cm³/mol. The van der Waals surface area contributed by atoms with Gasteiger partial charge in [0.15, 0.2) is 0 Å². The highest BCUT2D eigenvalue weighted by Gasteiger charge is 2.12. The van der Waals surface area contributed by atoms with Crippen LogP contribution in [0.1, 0.15) is 70.9 Å². The van der Waals surface area contributed by atoms with Crippen molar-refractivity contribution in [3.05, 3.63) is 29.8 Å². The summed E-state index contributed by atoms with van der Waals surface area (Å²) in [4.78, 5) is 0. The van der Waals surface area contributed by atoms with Crippen molar-refractivity contribution in [1.29, 1.82) is 0 Å². The van der Waals surface area contributed by atoms with E-state index in [1.165, 1.54) is 25.7 Å². The second kappa shape index (κ2) is 8.98. The molecule has 108 valence electrons. The lowest BCUT2D eigenvalue weighted by molar-refractivity contribution is 0.203. The van der Waals surface area contributed by atoms with Crippen molar-refractivity contribution in [3.8, 4) is 5.75 Å². The number of nitrogens with two attached hydrogens (primary N) is 1. The van der Waals surface area contributed by atoms with Crippen molar-refractivity contribution in [2.45, 2.75) is 71.4 Å². The molecule has 2 nitrogen and oxygen atoms in total. The van der Waals surface area contributed by atoms with Crippen LogP contribution in [0.4, 0.5) is 0 Å². The lowest BCUT2D eigenvalue weighted by Gasteiger charge is -2.20. The zero-order valence-corrected chi connectivity index (χ0v) is 12.7. The number of ether oxygens (including phenoxy) is 1. The van der Waals surface area contributed by atoms with Crippen LogP contribution in [0.3, 0.4) is 0 Å². The Kier molecular flexibility index (Phi) is 7.57. The number of para-hydroxylation sites is 1. The van der Waals surface area contributed by atoms with Crippen LogP contribution in [-0.2, 0) is 0 Å². The van der Waals surface area contributed by atoms with Crippen molar-refractivity contribution >= 4 is 0 Å². The molecule has 0 amide bonds. The van der Waals surface area contributed by atoms with Gasteiger partial charge in [-0.1, -0.05) is 51.3 Å². The Morgan fingerprint density at radius 1 is 1.11 bits per heavy atom. The normalized spacial score (nSPS) is 14.1. The fourth-order valence-electron chi connectivity index (χ4n) is 2.25. The third-order valence-corrected chi connectivity index (χ3v) is 3.55. The van der Waals surface area contributed by atoms with E-state index in [0.29, 0.717) is 0 Å². The third kappa shape index (κ3) is 5.65. The Bertz CT molecular complexity index is 351. The number of hydrogen-bond donors (Lipinski definition) is 1. The molecule has 19 heavy (non-hydrogen) atoms. The number of rotatable bonds is 9. The van der Waals surface area contributed by atoms with Crippen LogP contribution in [0.2, 0.25) is 0 Å². The summed E-state index contributed by atoms with van der Waals surface area (Å²) in [6.07, 6.45) is 7.48. The van der Waals surface area contributed by atoms with Gasteiger partial charge in [-0.3, -0.25) is 0 Å². The van der Waals surface area contributed by atoms with E-state index >= 15 is 0 Å². The van der Waals surface area contributed by atoms with E-state index in [-0.39, 0.29) is 12.1 Å². The molecule has 1 unspecified atom stereocenters. The van der Waals surface area contributed by atoms with Crippen LogP contribution in [0.25, 0.3) is 0 Å². The lowest BCUT2D eigenvalue weighted by atomic mass is 10.0. The summed E-state index contributed by atoms with van der Waals surface area (Å²) in [6.45, 7) is 6.50. The standard InChI is InChI=1S/C17H29NO/c1-4-6-7-8-11-14(3)19-17-13-10-9-12-15(17)16(18)5-2/h9-10,12-14,16H,4-8,11,18H2,1-3H3/t14?,16-/m0/s1. The van der Waals surface area contributed by atoms with Gasteiger partial charge >= 0.3 is 0 Å². The molecule has 0 aliphatic carbocycles. The van der Waals surface area contributed by atoms with Crippen LogP contribution >= 0.6 is 0 Å². The van der Waals surface area contributed by atoms with E-state index in [4.69, 9.17) is 10.5 Å². The van der Waals surface area contributed by atoms with Crippen molar-refractivity contribution < 1.29 is 4.74 Å². The van der Waals surface area contributed by atoms with E-state index < -0.39 is 0 Å². The van der Waals surface area contributed by atoms with Crippen molar-refractivity contribution in [3.63, 3.8) is 0 Å². The first kappa shape index (κ1) is 16.0. The maximum atomic E-state index is 6.13.